The summed E-state index contributed by atoms with van der Waals surface area (Å²) >= 11 is 1.90. The first-order chi connectivity index (χ1) is 13.7. The number of amides is 1. The molecule has 4 rings (SSSR count). The Kier molecular flexibility index (Phi) is 6.01. The minimum atomic E-state index is -0.211. The van der Waals surface area contributed by atoms with E-state index in [1.54, 1.807) is 0 Å². The molecule has 1 aromatic carbocycles. The molecule has 1 atom stereocenters. The van der Waals surface area contributed by atoms with Gasteiger partial charge in [0.05, 0.1) is 0 Å². The molecule has 2 aromatic rings. The number of hydrogen-bond donors (Lipinski definition) is 1. The minimum Gasteiger partial charge on any atom is -0.336 e. The van der Waals surface area contributed by atoms with Crippen LogP contribution < -0.4 is 5.32 Å². The summed E-state index contributed by atoms with van der Waals surface area (Å²) < 4.78 is 15.1. The van der Waals surface area contributed by atoms with E-state index in [1.165, 1.54) is 17.8 Å². The third-order valence-corrected chi connectivity index (χ3v) is 6.60. The predicted octanol–water partition coefficient (Wildman–Crippen LogP) is 2.88. The lowest BCUT2D eigenvalue weighted by Gasteiger charge is -2.27. The van der Waals surface area contributed by atoms with E-state index in [2.05, 4.69) is 12.2 Å². The van der Waals surface area contributed by atoms with E-state index in [4.69, 9.17) is 5.10 Å². The molecule has 7 heteroatoms. The molecule has 0 radical (unpaired) electrons. The van der Waals surface area contributed by atoms with Gasteiger partial charge in [0, 0.05) is 55.0 Å². The second-order valence-electron chi connectivity index (χ2n) is 7.44. The Balaban J connectivity index is 1.49. The van der Waals surface area contributed by atoms with Crippen molar-refractivity contribution in [2.75, 3.05) is 24.6 Å². The summed E-state index contributed by atoms with van der Waals surface area (Å²) in [7, 11) is 0. The van der Waals surface area contributed by atoms with E-state index in [-0.39, 0.29) is 11.7 Å². The van der Waals surface area contributed by atoms with Crippen molar-refractivity contribution in [1.29, 1.82) is 0 Å². The Morgan fingerprint density at radius 3 is 2.75 bits per heavy atom. The van der Waals surface area contributed by atoms with E-state index in [0.717, 1.165) is 61.5 Å². The molecule has 1 aliphatic heterocycles. The van der Waals surface area contributed by atoms with Crippen molar-refractivity contribution >= 4 is 17.7 Å². The molecule has 1 aliphatic carbocycles. The Hall–Kier alpha value is -1.86. The number of nitrogens with zero attached hydrogens (tertiary/aromatic N) is 3. The summed E-state index contributed by atoms with van der Waals surface area (Å²) in [6.45, 7) is 5.19. The van der Waals surface area contributed by atoms with Crippen LogP contribution in [0.3, 0.4) is 0 Å². The van der Waals surface area contributed by atoms with Gasteiger partial charge in [-0.2, -0.15) is 16.9 Å². The molecule has 2 heterocycles. The minimum absolute atomic E-state index is 0.0861. The fourth-order valence-electron chi connectivity index (χ4n) is 4.08. The van der Waals surface area contributed by atoms with Crippen LogP contribution in [-0.4, -0.2) is 51.2 Å². The van der Waals surface area contributed by atoms with Gasteiger partial charge in [-0.25, -0.2) is 4.39 Å². The highest BCUT2D eigenvalue weighted by molar-refractivity contribution is 7.99. The molecule has 150 valence electrons. The van der Waals surface area contributed by atoms with Crippen LogP contribution >= 0.6 is 11.8 Å². The van der Waals surface area contributed by atoms with Crippen LogP contribution in [0.15, 0.2) is 24.3 Å². The SMILES string of the molecule is CCn1nc(C(=O)N2CCSCC2)c2c1CCC(NCc1ccc(F)cc1)C2. The smallest absolute Gasteiger partial charge is 0.274 e. The number of aryl methyl sites for hydroxylation is 1. The molecular formula is C21H27FN4OS. The number of thioether (sulfide) groups is 1. The second kappa shape index (κ2) is 8.66. The number of rotatable bonds is 5. The summed E-state index contributed by atoms with van der Waals surface area (Å²) in [5.74, 6) is 1.88. The highest BCUT2D eigenvalue weighted by Gasteiger charge is 2.31. The standard InChI is InChI=1S/C21H27FN4OS/c1-2-26-19-8-7-17(23-14-15-3-5-16(22)6-4-15)13-18(19)20(24-26)21(27)25-9-11-28-12-10-25/h3-6,17,23H,2,7-14H2,1H3. The zero-order valence-corrected chi connectivity index (χ0v) is 17.1. The van der Waals surface area contributed by atoms with Crippen LogP contribution in [0.4, 0.5) is 4.39 Å². The zero-order valence-electron chi connectivity index (χ0n) is 16.3. The van der Waals surface area contributed by atoms with Gasteiger partial charge in [-0.3, -0.25) is 9.48 Å². The number of halogens is 1. The highest BCUT2D eigenvalue weighted by Crippen LogP contribution is 2.27. The van der Waals surface area contributed by atoms with Gasteiger partial charge >= 0.3 is 0 Å². The summed E-state index contributed by atoms with van der Waals surface area (Å²) in [5, 5.41) is 8.28. The largest absolute Gasteiger partial charge is 0.336 e. The van der Waals surface area contributed by atoms with Crippen LogP contribution in [0.2, 0.25) is 0 Å². The van der Waals surface area contributed by atoms with Crippen LogP contribution in [0.5, 0.6) is 0 Å². The monoisotopic (exact) mass is 402 g/mol. The number of nitrogens with one attached hydrogen (secondary N) is 1. The zero-order chi connectivity index (χ0) is 19.5. The molecule has 1 unspecified atom stereocenters. The van der Waals surface area contributed by atoms with Crippen molar-refractivity contribution in [3.05, 3.63) is 52.6 Å². The summed E-state index contributed by atoms with van der Waals surface area (Å²) in [4.78, 5) is 15.1. The summed E-state index contributed by atoms with van der Waals surface area (Å²) in [5.41, 5.74) is 4.06. The fourth-order valence-corrected chi connectivity index (χ4v) is 4.98. The van der Waals surface area contributed by atoms with Gasteiger partial charge < -0.3 is 10.2 Å². The molecule has 1 N–H and O–H groups in total. The third kappa shape index (κ3) is 4.10. The lowest BCUT2D eigenvalue weighted by atomic mass is 9.91. The number of carbonyl (C=O) groups is 1. The lowest BCUT2D eigenvalue weighted by Crippen LogP contribution is -2.39. The first-order valence-corrected chi connectivity index (χ1v) is 11.2. The average Bonchev–Trinajstić information content (AvgIpc) is 3.11. The Morgan fingerprint density at radius 2 is 2.04 bits per heavy atom. The molecule has 0 spiro atoms. The van der Waals surface area contributed by atoms with Crippen molar-refractivity contribution in [3.63, 3.8) is 0 Å². The van der Waals surface area contributed by atoms with Gasteiger partial charge in [-0.05, 0) is 43.9 Å². The Labute approximate surface area is 169 Å². The maximum Gasteiger partial charge on any atom is 0.274 e. The first kappa shape index (κ1) is 19.5. The predicted molar refractivity (Wildman–Crippen MR) is 110 cm³/mol. The van der Waals surface area contributed by atoms with E-state index >= 15 is 0 Å². The molecular weight excluding hydrogens is 375 g/mol. The molecule has 2 aliphatic rings. The molecule has 1 fully saturated rings. The molecule has 0 bridgehead atoms. The quantitative estimate of drug-likeness (QED) is 0.836. The van der Waals surface area contributed by atoms with Gasteiger partial charge in [0.2, 0.25) is 0 Å². The molecule has 1 aromatic heterocycles. The molecule has 1 saturated heterocycles. The highest BCUT2D eigenvalue weighted by atomic mass is 32.2. The summed E-state index contributed by atoms with van der Waals surface area (Å²) in [6.07, 6.45) is 2.77. The number of fused-ring (bicyclic) bond motifs is 1. The molecule has 1 amide bonds. The van der Waals surface area contributed by atoms with Crippen LogP contribution in [0, 0.1) is 5.82 Å². The van der Waals surface area contributed by atoms with Gasteiger partial charge in [-0.1, -0.05) is 12.1 Å². The van der Waals surface area contributed by atoms with E-state index < -0.39 is 0 Å². The molecule has 5 nitrogen and oxygen atoms in total. The lowest BCUT2D eigenvalue weighted by molar-refractivity contribution is 0.0764. The van der Waals surface area contributed by atoms with E-state index in [1.807, 2.05) is 33.5 Å². The van der Waals surface area contributed by atoms with Crippen LogP contribution in [0.25, 0.3) is 0 Å². The fraction of sp³-hybridized carbons (Fsp3) is 0.524. The van der Waals surface area contributed by atoms with Gasteiger partial charge in [0.15, 0.2) is 5.69 Å². The van der Waals surface area contributed by atoms with Crippen molar-refractivity contribution in [2.45, 2.75) is 45.3 Å². The number of aromatic nitrogens is 2. The average molecular weight is 403 g/mol. The summed E-state index contributed by atoms with van der Waals surface area (Å²) in [6, 6.07) is 6.92. The van der Waals surface area contributed by atoms with Crippen molar-refractivity contribution in [2.24, 2.45) is 0 Å². The van der Waals surface area contributed by atoms with Crippen molar-refractivity contribution in [3.8, 4) is 0 Å². The number of benzene rings is 1. The van der Waals surface area contributed by atoms with Crippen molar-refractivity contribution in [1.82, 2.24) is 20.0 Å². The van der Waals surface area contributed by atoms with E-state index in [0.29, 0.717) is 18.3 Å². The number of carbonyl (C=O) groups excluding carboxylic acids is 1. The normalized spacial score (nSPS) is 19.5. The Morgan fingerprint density at radius 1 is 1.29 bits per heavy atom. The maximum atomic E-state index is 13.1. The van der Waals surface area contributed by atoms with Crippen LogP contribution in [-0.2, 0) is 25.9 Å². The van der Waals surface area contributed by atoms with Gasteiger partial charge in [-0.15, -0.1) is 0 Å². The molecule has 0 saturated carbocycles. The second-order valence-corrected chi connectivity index (χ2v) is 8.67. The third-order valence-electron chi connectivity index (χ3n) is 5.66. The topological polar surface area (TPSA) is 50.2 Å². The van der Waals surface area contributed by atoms with Gasteiger partial charge in [0.1, 0.15) is 5.82 Å². The van der Waals surface area contributed by atoms with Crippen molar-refractivity contribution < 1.29 is 9.18 Å². The van der Waals surface area contributed by atoms with Gasteiger partial charge in [0.25, 0.3) is 5.91 Å². The Bertz CT molecular complexity index is 830. The first-order valence-electron chi connectivity index (χ1n) is 10.1. The van der Waals surface area contributed by atoms with Crippen LogP contribution in [0.1, 0.15) is 40.7 Å². The van der Waals surface area contributed by atoms with E-state index in [9.17, 15) is 9.18 Å². The molecule has 28 heavy (non-hydrogen) atoms. The number of hydrogen-bond acceptors (Lipinski definition) is 4. The maximum absolute atomic E-state index is 13.1.